The molecule has 0 N–H and O–H groups in total. The van der Waals surface area contributed by atoms with Gasteiger partial charge in [-0.05, 0) is 16.4 Å². The van der Waals surface area contributed by atoms with Crippen molar-refractivity contribution in [2.24, 2.45) is 0 Å². The molecule has 2 rings (SSSR count). The number of benzene rings is 2. The minimum atomic E-state index is -4.58. The van der Waals surface area contributed by atoms with Crippen LogP contribution in [0.4, 0.5) is 0 Å². The van der Waals surface area contributed by atoms with Crippen molar-refractivity contribution in [3.05, 3.63) is 71.8 Å². The van der Waals surface area contributed by atoms with E-state index in [2.05, 4.69) is 0 Å². The SMILES string of the molecule is O=C(c1ccccc1)C(SS(=O)(=O)[O-])c1ccccc1.[Na+]. The van der Waals surface area contributed by atoms with E-state index in [-0.39, 0.29) is 40.4 Å². The minimum Gasteiger partial charge on any atom is -0.739 e. The first kappa shape index (κ1) is 18.4. The van der Waals surface area contributed by atoms with E-state index in [0.717, 1.165) is 0 Å². The Balaban J connectivity index is 0.00000220. The standard InChI is InChI=1S/C14H12O4S2.Na/c15-13(11-7-3-1-4-8-11)14(19-20(16,17)18)12-9-5-2-6-10-12;/h1-10,14H,(H,16,17,18);/q;+1/p-1. The third-order valence-electron chi connectivity index (χ3n) is 2.61. The van der Waals surface area contributed by atoms with Gasteiger partial charge in [0, 0.05) is 5.56 Å². The summed E-state index contributed by atoms with van der Waals surface area (Å²) in [4.78, 5) is 12.4. The molecule has 1 unspecified atom stereocenters. The summed E-state index contributed by atoms with van der Waals surface area (Å²) in [6, 6.07) is 16.7. The van der Waals surface area contributed by atoms with Crippen LogP contribution in [0.5, 0.6) is 0 Å². The van der Waals surface area contributed by atoms with Crippen LogP contribution in [-0.2, 0) is 9.15 Å². The Hall–Kier alpha value is -0.630. The predicted octanol–water partition coefficient (Wildman–Crippen LogP) is -0.192. The average molecular weight is 330 g/mol. The summed E-state index contributed by atoms with van der Waals surface area (Å²) in [6.07, 6.45) is 0. The summed E-state index contributed by atoms with van der Waals surface area (Å²) in [5, 5.41) is -1.05. The summed E-state index contributed by atoms with van der Waals surface area (Å²) >= 11 is 0. The van der Waals surface area contributed by atoms with Gasteiger partial charge in [0.25, 0.3) is 0 Å². The zero-order valence-corrected chi connectivity index (χ0v) is 14.9. The van der Waals surface area contributed by atoms with Gasteiger partial charge in [-0.3, -0.25) is 4.79 Å². The van der Waals surface area contributed by atoms with Gasteiger partial charge >= 0.3 is 29.6 Å². The van der Waals surface area contributed by atoms with E-state index < -0.39 is 20.2 Å². The number of hydrogen-bond acceptors (Lipinski definition) is 5. The van der Waals surface area contributed by atoms with Crippen molar-refractivity contribution >= 4 is 25.7 Å². The van der Waals surface area contributed by atoms with Gasteiger partial charge in [0.2, 0.25) is 0 Å². The fraction of sp³-hybridized carbons (Fsp3) is 0.0714. The summed E-state index contributed by atoms with van der Waals surface area (Å²) in [5.41, 5.74) is 0.864. The van der Waals surface area contributed by atoms with Gasteiger partial charge in [-0.25, -0.2) is 8.42 Å². The van der Waals surface area contributed by atoms with Gasteiger partial charge in [-0.1, -0.05) is 60.7 Å². The van der Waals surface area contributed by atoms with Crippen LogP contribution in [0.2, 0.25) is 0 Å². The number of rotatable bonds is 5. The average Bonchev–Trinajstić information content (AvgIpc) is 2.45. The molecule has 0 bridgehead atoms. The summed E-state index contributed by atoms with van der Waals surface area (Å²) in [6.45, 7) is 0. The molecule has 0 fully saturated rings. The van der Waals surface area contributed by atoms with Crippen molar-refractivity contribution in [1.29, 1.82) is 0 Å². The van der Waals surface area contributed by atoms with E-state index in [4.69, 9.17) is 0 Å². The largest absolute Gasteiger partial charge is 1.00 e. The van der Waals surface area contributed by atoms with Crippen molar-refractivity contribution in [1.82, 2.24) is 0 Å². The van der Waals surface area contributed by atoms with Crippen LogP contribution in [0, 0.1) is 0 Å². The second-order valence-electron chi connectivity index (χ2n) is 4.03. The molecule has 0 saturated heterocycles. The summed E-state index contributed by atoms with van der Waals surface area (Å²) in [7, 11) is -4.45. The number of carbonyl (C=O) groups excluding carboxylic acids is 1. The Morgan fingerprint density at radius 1 is 0.952 bits per heavy atom. The Bertz CT molecular complexity index is 687. The van der Waals surface area contributed by atoms with E-state index in [1.165, 1.54) is 0 Å². The molecule has 104 valence electrons. The Kier molecular flexibility index (Phi) is 7.12. The third-order valence-corrected chi connectivity index (χ3v) is 4.81. The molecular weight excluding hydrogens is 319 g/mol. The number of ketones is 1. The molecule has 0 aliphatic heterocycles. The molecule has 2 aromatic rings. The molecule has 0 heterocycles. The van der Waals surface area contributed by atoms with Crippen LogP contribution >= 0.6 is 10.8 Å². The molecular formula is C14H11NaO4S2. The summed E-state index contributed by atoms with van der Waals surface area (Å²) < 4.78 is 33.0. The van der Waals surface area contributed by atoms with Gasteiger partial charge in [-0.15, -0.1) is 0 Å². The van der Waals surface area contributed by atoms with E-state index in [1.54, 1.807) is 60.7 Å². The van der Waals surface area contributed by atoms with E-state index in [0.29, 0.717) is 11.1 Å². The maximum Gasteiger partial charge on any atom is 1.00 e. The van der Waals surface area contributed by atoms with Crippen LogP contribution in [0.3, 0.4) is 0 Å². The van der Waals surface area contributed by atoms with Gasteiger partial charge in [0.05, 0.1) is 0 Å². The second kappa shape index (κ2) is 8.12. The zero-order valence-electron chi connectivity index (χ0n) is 11.3. The molecule has 0 aromatic heterocycles. The molecule has 21 heavy (non-hydrogen) atoms. The maximum atomic E-state index is 12.4. The molecule has 1 atom stereocenters. The topological polar surface area (TPSA) is 74.3 Å². The quantitative estimate of drug-likeness (QED) is 0.329. The number of hydrogen-bond donors (Lipinski definition) is 0. The van der Waals surface area contributed by atoms with Crippen LogP contribution in [-0.4, -0.2) is 18.8 Å². The van der Waals surface area contributed by atoms with Crippen LogP contribution in [0.1, 0.15) is 21.2 Å². The Labute approximate surface area is 149 Å². The maximum absolute atomic E-state index is 12.4. The number of Topliss-reactive ketones (excluding diaryl/α,β-unsaturated/α-hetero) is 1. The van der Waals surface area contributed by atoms with E-state index >= 15 is 0 Å². The van der Waals surface area contributed by atoms with E-state index in [9.17, 15) is 17.8 Å². The van der Waals surface area contributed by atoms with E-state index in [1.807, 2.05) is 0 Å². The van der Waals surface area contributed by atoms with Crippen molar-refractivity contribution in [3.8, 4) is 0 Å². The first-order valence-electron chi connectivity index (χ1n) is 5.76. The molecule has 2 aromatic carbocycles. The van der Waals surface area contributed by atoms with Crippen molar-refractivity contribution in [3.63, 3.8) is 0 Å². The minimum absolute atomic E-state index is 0. The van der Waals surface area contributed by atoms with Crippen LogP contribution in [0.25, 0.3) is 0 Å². The Morgan fingerprint density at radius 2 is 1.43 bits per heavy atom. The molecule has 0 saturated carbocycles. The van der Waals surface area contributed by atoms with Gasteiger partial charge in [-0.2, -0.15) is 0 Å². The van der Waals surface area contributed by atoms with Crippen molar-refractivity contribution in [2.75, 3.05) is 0 Å². The fourth-order valence-electron chi connectivity index (χ4n) is 1.75. The fourth-order valence-corrected chi connectivity index (χ4v) is 3.78. The molecule has 0 aliphatic carbocycles. The summed E-state index contributed by atoms with van der Waals surface area (Å²) in [5.74, 6) is -0.402. The van der Waals surface area contributed by atoms with Gasteiger partial charge < -0.3 is 4.55 Å². The first-order valence-corrected chi connectivity index (χ1v) is 8.56. The van der Waals surface area contributed by atoms with Crippen molar-refractivity contribution < 1.29 is 47.3 Å². The van der Waals surface area contributed by atoms with Crippen LogP contribution < -0.4 is 29.6 Å². The van der Waals surface area contributed by atoms with Crippen molar-refractivity contribution in [2.45, 2.75) is 5.25 Å². The second-order valence-corrected chi connectivity index (χ2v) is 7.31. The molecule has 0 spiro atoms. The molecule has 0 amide bonds. The smallest absolute Gasteiger partial charge is 0.739 e. The van der Waals surface area contributed by atoms with Gasteiger partial charge in [0.15, 0.2) is 5.78 Å². The monoisotopic (exact) mass is 330 g/mol. The Morgan fingerprint density at radius 3 is 1.90 bits per heavy atom. The predicted molar refractivity (Wildman–Crippen MR) is 77.2 cm³/mol. The third kappa shape index (κ3) is 5.58. The normalized spacial score (nSPS) is 12.2. The first-order chi connectivity index (χ1) is 9.47. The number of carbonyl (C=O) groups is 1. The van der Waals surface area contributed by atoms with Crippen LogP contribution in [0.15, 0.2) is 60.7 Å². The molecule has 0 aliphatic rings. The van der Waals surface area contributed by atoms with Gasteiger partial charge in [0.1, 0.15) is 14.4 Å². The zero-order chi connectivity index (χ0) is 14.6. The molecule has 7 heteroatoms. The molecule has 0 radical (unpaired) electrons. The molecule has 4 nitrogen and oxygen atoms in total.